The summed E-state index contributed by atoms with van der Waals surface area (Å²) >= 11 is 13.2. The normalized spacial score (nSPS) is 10.6. The highest BCUT2D eigenvalue weighted by atomic mass is 35.5. The van der Waals surface area contributed by atoms with E-state index in [0.29, 0.717) is 33.9 Å². The molecule has 9 heteroatoms. The van der Waals surface area contributed by atoms with Crippen LogP contribution in [0, 0.1) is 0 Å². The van der Waals surface area contributed by atoms with Crippen LogP contribution in [0.1, 0.15) is 10.4 Å². The van der Waals surface area contributed by atoms with E-state index in [0.717, 1.165) is 11.5 Å². The monoisotopic (exact) mass is 375 g/mol. The number of carbonyl (C=O) groups excluding carboxylic acids is 1. The molecule has 1 aromatic heterocycles. The number of likely N-dealkylation sites (N-methyl/N-ethyl adjacent to an activating group) is 1. The number of aromatic amines is 1. The molecule has 0 aliphatic heterocycles. The van der Waals surface area contributed by atoms with Gasteiger partial charge in [-0.05, 0) is 23.7 Å². The van der Waals surface area contributed by atoms with Crippen molar-refractivity contribution < 1.29 is 9.53 Å². The summed E-state index contributed by atoms with van der Waals surface area (Å²) in [6, 6.07) is 5.04. The predicted octanol–water partition coefficient (Wildman–Crippen LogP) is 3.21. The molecule has 0 radical (unpaired) electrons. The van der Waals surface area contributed by atoms with Gasteiger partial charge in [0, 0.05) is 20.7 Å². The summed E-state index contributed by atoms with van der Waals surface area (Å²) in [5, 5.41) is 4.11. The van der Waals surface area contributed by atoms with E-state index < -0.39 is 11.5 Å². The zero-order chi connectivity index (χ0) is 17.0. The summed E-state index contributed by atoms with van der Waals surface area (Å²) in [7, 11) is 3.15. The minimum Gasteiger partial charge on any atom is -0.383 e. The Morgan fingerprint density at radius 2 is 2.04 bits per heavy atom. The molecule has 1 heterocycles. The minimum atomic E-state index is -0.463. The van der Waals surface area contributed by atoms with E-state index in [2.05, 4.69) is 9.69 Å². The highest BCUT2D eigenvalue weighted by molar-refractivity contribution is 7.10. The lowest BCUT2D eigenvalue weighted by atomic mass is 10.2. The smallest absolute Gasteiger partial charge is 0.273 e. The third-order valence-electron chi connectivity index (χ3n) is 3.09. The number of anilines is 2. The topological polar surface area (TPSA) is 74.4 Å². The van der Waals surface area contributed by atoms with Crippen molar-refractivity contribution in [3.63, 3.8) is 0 Å². The van der Waals surface area contributed by atoms with Crippen LogP contribution in [0.5, 0.6) is 0 Å². The molecule has 0 atom stereocenters. The van der Waals surface area contributed by atoms with Gasteiger partial charge >= 0.3 is 0 Å². The number of aromatic nitrogens is 1. The highest BCUT2D eigenvalue weighted by Gasteiger charge is 2.23. The second kappa shape index (κ2) is 7.83. The molecule has 2 rings (SSSR count). The molecule has 2 aromatic rings. The number of ether oxygens (including phenoxy) is 1. The Kier molecular flexibility index (Phi) is 6.06. The predicted molar refractivity (Wildman–Crippen MR) is 93.5 cm³/mol. The Morgan fingerprint density at radius 1 is 1.39 bits per heavy atom. The summed E-state index contributed by atoms with van der Waals surface area (Å²) in [5.74, 6) is -0.407. The summed E-state index contributed by atoms with van der Waals surface area (Å²) in [4.78, 5) is 25.9. The largest absolute Gasteiger partial charge is 0.383 e. The lowest BCUT2D eigenvalue weighted by molar-refractivity contribution is 0.0744. The van der Waals surface area contributed by atoms with Crippen LogP contribution in [0.15, 0.2) is 23.0 Å². The first kappa shape index (κ1) is 17.8. The molecule has 23 heavy (non-hydrogen) atoms. The van der Waals surface area contributed by atoms with Crippen LogP contribution in [0.4, 0.5) is 10.7 Å². The number of benzene rings is 1. The third-order valence-corrected chi connectivity index (χ3v) is 4.52. The highest BCUT2D eigenvalue weighted by Crippen LogP contribution is 2.34. The van der Waals surface area contributed by atoms with E-state index in [1.165, 1.54) is 4.90 Å². The summed E-state index contributed by atoms with van der Waals surface area (Å²) in [6.07, 6.45) is 0. The Hall–Kier alpha value is -1.54. The van der Waals surface area contributed by atoms with Crippen LogP contribution in [0.25, 0.3) is 0 Å². The molecule has 1 amide bonds. The maximum absolute atomic E-state index is 12.5. The van der Waals surface area contributed by atoms with Gasteiger partial charge in [-0.1, -0.05) is 29.3 Å². The van der Waals surface area contributed by atoms with Crippen LogP contribution < -0.4 is 10.9 Å². The molecule has 0 saturated carbocycles. The maximum Gasteiger partial charge on any atom is 0.273 e. The number of hydrogen-bond donors (Lipinski definition) is 2. The number of hydrogen-bond acceptors (Lipinski definition) is 5. The van der Waals surface area contributed by atoms with Crippen molar-refractivity contribution in [2.45, 2.75) is 0 Å². The standard InChI is InChI=1S/C14H15Cl2N3O3S/c1-19(6-7-22-2)14(21)10-12(20)18-23-13(10)17-11-8(15)4-3-5-9(11)16/h3-5,17H,6-7H2,1-2H3,(H,18,20). The second-order valence-electron chi connectivity index (χ2n) is 4.68. The average Bonchev–Trinajstić information content (AvgIpc) is 2.88. The Balaban J connectivity index is 2.32. The van der Waals surface area contributed by atoms with E-state index in [1.54, 1.807) is 32.4 Å². The lowest BCUT2D eigenvalue weighted by Gasteiger charge is -2.16. The summed E-state index contributed by atoms with van der Waals surface area (Å²) < 4.78 is 7.49. The number of carbonyl (C=O) groups is 1. The fourth-order valence-corrected chi connectivity index (χ4v) is 3.06. The molecular formula is C14H15Cl2N3O3S. The van der Waals surface area contributed by atoms with Crippen LogP contribution in [0.3, 0.4) is 0 Å². The van der Waals surface area contributed by atoms with Gasteiger partial charge in [0.2, 0.25) is 0 Å². The maximum atomic E-state index is 12.5. The zero-order valence-electron chi connectivity index (χ0n) is 12.5. The number of rotatable bonds is 6. The van der Waals surface area contributed by atoms with E-state index >= 15 is 0 Å². The van der Waals surface area contributed by atoms with Crippen molar-refractivity contribution in [2.24, 2.45) is 0 Å². The molecule has 0 saturated heterocycles. The number of methoxy groups -OCH3 is 1. The van der Waals surface area contributed by atoms with E-state index in [4.69, 9.17) is 27.9 Å². The number of para-hydroxylation sites is 1. The van der Waals surface area contributed by atoms with Crippen molar-refractivity contribution in [2.75, 3.05) is 32.6 Å². The van der Waals surface area contributed by atoms with Crippen LogP contribution >= 0.6 is 34.7 Å². The van der Waals surface area contributed by atoms with Crippen LogP contribution in [-0.2, 0) is 4.74 Å². The average molecular weight is 376 g/mol. The van der Waals surface area contributed by atoms with Gasteiger partial charge in [0.25, 0.3) is 11.5 Å². The van der Waals surface area contributed by atoms with Crippen molar-refractivity contribution in [3.05, 3.63) is 44.2 Å². The van der Waals surface area contributed by atoms with Gasteiger partial charge in [-0.15, -0.1) is 0 Å². The molecule has 6 nitrogen and oxygen atoms in total. The quantitative estimate of drug-likeness (QED) is 0.812. The van der Waals surface area contributed by atoms with Gasteiger partial charge in [0.1, 0.15) is 10.6 Å². The minimum absolute atomic E-state index is 0.0181. The molecule has 124 valence electrons. The summed E-state index contributed by atoms with van der Waals surface area (Å²) in [6.45, 7) is 0.750. The van der Waals surface area contributed by atoms with E-state index in [9.17, 15) is 9.59 Å². The Bertz CT molecular complexity index is 740. The van der Waals surface area contributed by atoms with E-state index in [1.807, 2.05) is 0 Å². The van der Waals surface area contributed by atoms with Gasteiger partial charge in [-0.2, -0.15) is 0 Å². The van der Waals surface area contributed by atoms with Crippen LogP contribution in [-0.4, -0.2) is 42.5 Å². The molecule has 0 bridgehead atoms. The molecule has 0 aliphatic rings. The van der Waals surface area contributed by atoms with Crippen LogP contribution in [0.2, 0.25) is 10.0 Å². The number of halogens is 2. The fraction of sp³-hybridized carbons (Fsp3) is 0.286. The molecule has 1 aromatic carbocycles. The number of nitrogens with one attached hydrogen (secondary N) is 2. The third kappa shape index (κ3) is 4.06. The first-order valence-electron chi connectivity index (χ1n) is 6.62. The second-order valence-corrected chi connectivity index (χ2v) is 6.31. The molecule has 0 fully saturated rings. The van der Waals surface area contributed by atoms with Crippen molar-refractivity contribution in [1.29, 1.82) is 0 Å². The molecule has 2 N–H and O–H groups in total. The first-order valence-corrected chi connectivity index (χ1v) is 8.19. The van der Waals surface area contributed by atoms with Crippen molar-refractivity contribution in [3.8, 4) is 0 Å². The summed E-state index contributed by atoms with van der Waals surface area (Å²) in [5.41, 5.74) is -0.000731. The number of amides is 1. The number of H-pyrrole nitrogens is 1. The van der Waals surface area contributed by atoms with Gasteiger partial charge in [0.05, 0.1) is 22.3 Å². The first-order chi connectivity index (χ1) is 11.0. The van der Waals surface area contributed by atoms with Gasteiger partial charge in [-0.25, -0.2) is 0 Å². The van der Waals surface area contributed by atoms with Gasteiger partial charge in [-0.3, -0.25) is 14.0 Å². The SMILES string of the molecule is COCCN(C)C(=O)c1c(Nc2c(Cl)cccc2Cl)s[nH]c1=O. The Labute approximate surface area is 147 Å². The van der Waals surface area contributed by atoms with Gasteiger partial charge < -0.3 is 15.0 Å². The van der Waals surface area contributed by atoms with E-state index in [-0.39, 0.29) is 5.56 Å². The number of nitrogens with zero attached hydrogens (tertiary/aromatic N) is 1. The lowest BCUT2D eigenvalue weighted by Crippen LogP contribution is -2.33. The Morgan fingerprint density at radius 3 is 2.65 bits per heavy atom. The molecule has 0 aliphatic carbocycles. The fourth-order valence-electron chi connectivity index (χ4n) is 1.84. The molecular weight excluding hydrogens is 361 g/mol. The van der Waals surface area contributed by atoms with Crippen molar-refractivity contribution in [1.82, 2.24) is 9.27 Å². The molecule has 0 spiro atoms. The van der Waals surface area contributed by atoms with Gasteiger partial charge in [0.15, 0.2) is 0 Å². The van der Waals surface area contributed by atoms with Crippen molar-refractivity contribution >= 4 is 51.3 Å². The molecule has 0 unspecified atom stereocenters. The zero-order valence-corrected chi connectivity index (χ0v) is 14.8.